The molecule has 0 aliphatic carbocycles. The summed E-state index contributed by atoms with van der Waals surface area (Å²) in [5.41, 5.74) is 0. The Bertz CT molecular complexity index is 172. The van der Waals surface area contributed by atoms with Gasteiger partial charge in [-0.2, -0.15) is 5.26 Å². The van der Waals surface area contributed by atoms with Crippen LogP contribution in [0.4, 0.5) is 0 Å². The van der Waals surface area contributed by atoms with Crippen molar-refractivity contribution in [3.05, 3.63) is 12.2 Å². The van der Waals surface area contributed by atoms with E-state index in [1.54, 1.807) is 6.92 Å². The summed E-state index contributed by atoms with van der Waals surface area (Å²) in [6.07, 6.45) is 1.63. The lowest BCUT2D eigenvalue weighted by Gasteiger charge is -1.92. The van der Waals surface area contributed by atoms with Crippen molar-refractivity contribution in [2.75, 3.05) is 6.61 Å². The van der Waals surface area contributed by atoms with E-state index in [0.29, 0.717) is 0 Å². The number of rotatable bonds is 3. The van der Waals surface area contributed by atoms with Crippen molar-refractivity contribution in [3.8, 4) is 0 Å². The molecule has 0 aromatic rings. The summed E-state index contributed by atoms with van der Waals surface area (Å²) in [4.78, 5) is 23.9. The first kappa shape index (κ1) is 9.64. The number of hydrogen-bond acceptors (Lipinski definition) is 5. The molecule has 0 aromatic heterocycles. The monoisotopic (exact) mass is 160 g/mol. The molecule has 0 saturated heterocycles. The van der Waals surface area contributed by atoms with Gasteiger partial charge in [0.25, 0.3) is 0 Å². The van der Waals surface area contributed by atoms with Gasteiger partial charge in [0.05, 0.1) is 6.61 Å². The molecule has 0 unspecified atom stereocenters. The fourth-order valence-corrected chi connectivity index (χ4v) is 0.357. The van der Waals surface area contributed by atoms with Crippen LogP contribution >= 0.6 is 0 Å². The zero-order chi connectivity index (χ0) is 8.69. The molecule has 0 aliphatic heterocycles. The molecule has 0 fully saturated rings. The third-order valence-electron chi connectivity index (χ3n) is 0.732. The van der Waals surface area contributed by atoms with Crippen molar-refractivity contribution in [2.45, 2.75) is 6.92 Å². The van der Waals surface area contributed by atoms with Gasteiger partial charge in [-0.05, 0) is 6.92 Å². The summed E-state index contributed by atoms with van der Waals surface area (Å²) >= 11 is 0. The van der Waals surface area contributed by atoms with E-state index in [2.05, 4.69) is 9.62 Å². The van der Waals surface area contributed by atoms with E-state index in [1.165, 1.54) is 0 Å². The minimum atomic E-state index is -1.02. The second-order valence-electron chi connectivity index (χ2n) is 1.50. The van der Waals surface area contributed by atoms with Crippen molar-refractivity contribution in [2.24, 2.45) is 0 Å². The maximum Gasteiger partial charge on any atom is 0.365 e. The number of hydrogen-bond donors (Lipinski definition) is 1. The predicted octanol–water partition coefficient (Wildman–Crippen LogP) is 0.122. The van der Waals surface area contributed by atoms with Crippen LogP contribution < -0.4 is 0 Å². The van der Waals surface area contributed by atoms with Gasteiger partial charge in [-0.3, -0.25) is 4.89 Å². The van der Waals surface area contributed by atoms with Crippen molar-refractivity contribution in [3.63, 3.8) is 0 Å². The summed E-state index contributed by atoms with van der Waals surface area (Å²) < 4.78 is 4.42. The number of esters is 1. The Hall–Kier alpha value is -1.36. The summed E-state index contributed by atoms with van der Waals surface area (Å²) in [6, 6.07) is 0. The molecule has 0 atom stereocenters. The Kier molecular flexibility index (Phi) is 4.76. The van der Waals surface area contributed by atoms with Crippen LogP contribution in [0.15, 0.2) is 12.2 Å². The number of carbonyl (C=O) groups excluding carboxylic acids is 2. The summed E-state index contributed by atoms with van der Waals surface area (Å²) in [5.74, 6) is -1.67. The maximum absolute atomic E-state index is 10.5. The quantitative estimate of drug-likeness (QED) is 0.275. The van der Waals surface area contributed by atoms with E-state index in [4.69, 9.17) is 5.26 Å². The molecule has 0 aromatic carbocycles. The normalized spacial score (nSPS) is 9.64. The Morgan fingerprint density at radius 1 is 1.36 bits per heavy atom. The van der Waals surface area contributed by atoms with Gasteiger partial charge in [0.1, 0.15) is 0 Å². The molecular weight excluding hydrogens is 152 g/mol. The Morgan fingerprint density at radius 3 is 2.36 bits per heavy atom. The van der Waals surface area contributed by atoms with E-state index in [9.17, 15) is 9.59 Å². The SMILES string of the molecule is CCOC(=O)/C=C\C(=O)OO. The van der Waals surface area contributed by atoms with Crippen LogP contribution in [-0.4, -0.2) is 23.8 Å². The van der Waals surface area contributed by atoms with E-state index in [1.807, 2.05) is 0 Å². The molecule has 1 N–H and O–H groups in total. The lowest BCUT2D eigenvalue weighted by molar-refractivity contribution is -0.228. The molecule has 11 heavy (non-hydrogen) atoms. The average molecular weight is 160 g/mol. The largest absolute Gasteiger partial charge is 0.463 e. The molecule has 0 bridgehead atoms. The maximum atomic E-state index is 10.5. The highest BCUT2D eigenvalue weighted by atomic mass is 17.1. The molecule has 5 heteroatoms. The van der Waals surface area contributed by atoms with Crippen molar-refractivity contribution >= 4 is 11.9 Å². The van der Waals surface area contributed by atoms with Crippen LogP contribution in [0.5, 0.6) is 0 Å². The first-order valence-corrected chi connectivity index (χ1v) is 2.91. The Labute approximate surface area is 63.1 Å². The van der Waals surface area contributed by atoms with Crippen LogP contribution in [0.25, 0.3) is 0 Å². The third-order valence-corrected chi connectivity index (χ3v) is 0.732. The second-order valence-corrected chi connectivity index (χ2v) is 1.50. The Morgan fingerprint density at radius 2 is 1.91 bits per heavy atom. The van der Waals surface area contributed by atoms with Gasteiger partial charge < -0.3 is 4.74 Å². The third kappa shape index (κ3) is 5.10. The van der Waals surface area contributed by atoms with Crippen LogP contribution in [0.3, 0.4) is 0 Å². The van der Waals surface area contributed by atoms with Crippen molar-refractivity contribution in [1.82, 2.24) is 0 Å². The van der Waals surface area contributed by atoms with Gasteiger partial charge in [-0.1, -0.05) is 0 Å². The lowest BCUT2D eigenvalue weighted by atomic mass is 10.5. The zero-order valence-corrected chi connectivity index (χ0v) is 5.94. The van der Waals surface area contributed by atoms with Crippen LogP contribution in [0.1, 0.15) is 6.92 Å². The standard InChI is InChI=1S/C6H8O5/c1-2-10-5(7)3-4-6(8)11-9/h3-4,9H,2H2,1H3/b4-3-. The van der Waals surface area contributed by atoms with Crippen LogP contribution in [0, 0.1) is 0 Å². The van der Waals surface area contributed by atoms with E-state index >= 15 is 0 Å². The van der Waals surface area contributed by atoms with Crippen LogP contribution in [0.2, 0.25) is 0 Å². The zero-order valence-electron chi connectivity index (χ0n) is 5.94. The topological polar surface area (TPSA) is 72.8 Å². The minimum absolute atomic E-state index is 0.233. The molecule has 0 spiro atoms. The van der Waals surface area contributed by atoms with Gasteiger partial charge >= 0.3 is 11.9 Å². The molecule has 0 saturated carbocycles. The smallest absolute Gasteiger partial charge is 0.365 e. The fourth-order valence-electron chi connectivity index (χ4n) is 0.357. The number of ether oxygens (including phenoxy) is 1. The highest BCUT2D eigenvalue weighted by Crippen LogP contribution is 1.82. The summed E-state index contributed by atoms with van der Waals surface area (Å²) in [5, 5.41) is 7.72. The highest BCUT2D eigenvalue weighted by molar-refractivity contribution is 5.91. The molecule has 0 radical (unpaired) electrons. The first-order valence-electron chi connectivity index (χ1n) is 2.91. The molecule has 0 amide bonds. The molecular formula is C6H8O5. The molecule has 0 heterocycles. The van der Waals surface area contributed by atoms with Gasteiger partial charge in [-0.25, -0.2) is 9.59 Å². The first-order chi connectivity index (χ1) is 5.20. The van der Waals surface area contributed by atoms with Crippen molar-refractivity contribution < 1.29 is 24.5 Å². The lowest BCUT2D eigenvalue weighted by Crippen LogP contribution is -2.02. The summed E-state index contributed by atoms with van der Waals surface area (Å²) in [6.45, 7) is 1.87. The van der Waals surface area contributed by atoms with E-state index in [0.717, 1.165) is 12.2 Å². The highest BCUT2D eigenvalue weighted by Gasteiger charge is 1.97. The van der Waals surface area contributed by atoms with E-state index in [-0.39, 0.29) is 6.61 Å². The predicted molar refractivity (Wildman–Crippen MR) is 34.5 cm³/mol. The van der Waals surface area contributed by atoms with Crippen LogP contribution in [-0.2, 0) is 19.2 Å². The van der Waals surface area contributed by atoms with E-state index < -0.39 is 11.9 Å². The van der Waals surface area contributed by atoms with Gasteiger partial charge in [0, 0.05) is 12.2 Å². The van der Waals surface area contributed by atoms with Gasteiger partial charge in [0.15, 0.2) is 0 Å². The average Bonchev–Trinajstić information content (AvgIpc) is 2.01. The molecule has 0 aliphatic rings. The van der Waals surface area contributed by atoms with Crippen molar-refractivity contribution in [1.29, 1.82) is 0 Å². The molecule has 62 valence electrons. The fraction of sp³-hybridized carbons (Fsp3) is 0.333. The minimum Gasteiger partial charge on any atom is -0.463 e. The number of carbonyl (C=O) groups is 2. The van der Waals surface area contributed by atoms with Gasteiger partial charge in [-0.15, -0.1) is 0 Å². The molecule has 5 nitrogen and oxygen atoms in total. The second kappa shape index (κ2) is 5.43. The Balaban J connectivity index is 3.73. The van der Waals surface area contributed by atoms with Gasteiger partial charge in [0.2, 0.25) is 0 Å². The summed E-state index contributed by atoms with van der Waals surface area (Å²) in [7, 11) is 0. The molecule has 0 rings (SSSR count).